The topological polar surface area (TPSA) is 58.1 Å². The molecule has 1 N–H and O–H groups in total. The van der Waals surface area contributed by atoms with Crippen LogP contribution < -0.4 is 10.2 Å². The SMILES string of the molecule is CN(C)c1ccc(NC(=O)CSc2ncnc3ccsc23)cc1. The van der Waals surface area contributed by atoms with E-state index in [4.69, 9.17) is 0 Å². The molecule has 0 aliphatic rings. The maximum Gasteiger partial charge on any atom is 0.234 e. The smallest absolute Gasteiger partial charge is 0.234 e. The van der Waals surface area contributed by atoms with Crippen molar-refractivity contribution in [3.63, 3.8) is 0 Å². The second-order valence-corrected chi connectivity index (χ2v) is 6.97. The van der Waals surface area contributed by atoms with Gasteiger partial charge in [0.05, 0.1) is 16.0 Å². The zero-order chi connectivity index (χ0) is 16.2. The first-order valence-corrected chi connectivity index (χ1v) is 8.88. The lowest BCUT2D eigenvalue weighted by Crippen LogP contribution is -2.14. The number of amides is 1. The van der Waals surface area contributed by atoms with Crippen LogP contribution in [0.25, 0.3) is 10.2 Å². The average molecular weight is 344 g/mol. The highest BCUT2D eigenvalue weighted by Crippen LogP contribution is 2.28. The van der Waals surface area contributed by atoms with Gasteiger partial charge in [-0.2, -0.15) is 0 Å². The van der Waals surface area contributed by atoms with Crippen molar-refractivity contribution < 1.29 is 4.79 Å². The normalized spacial score (nSPS) is 10.7. The van der Waals surface area contributed by atoms with Gasteiger partial charge < -0.3 is 10.2 Å². The van der Waals surface area contributed by atoms with Crippen molar-refractivity contribution in [3.05, 3.63) is 42.0 Å². The highest BCUT2D eigenvalue weighted by molar-refractivity contribution is 8.00. The number of benzene rings is 1. The minimum Gasteiger partial charge on any atom is -0.378 e. The third-order valence-corrected chi connectivity index (χ3v) is 5.25. The van der Waals surface area contributed by atoms with E-state index in [1.807, 2.05) is 54.7 Å². The molecule has 1 amide bonds. The summed E-state index contributed by atoms with van der Waals surface area (Å²) in [6, 6.07) is 9.71. The minimum atomic E-state index is -0.0454. The molecular formula is C16H16N4OS2. The van der Waals surface area contributed by atoms with E-state index < -0.39 is 0 Å². The summed E-state index contributed by atoms with van der Waals surface area (Å²) in [5, 5.41) is 5.73. The first-order chi connectivity index (χ1) is 11.1. The molecule has 2 heterocycles. The molecule has 0 aliphatic heterocycles. The van der Waals surface area contributed by atoms with Gasteiger partial charge in [-0.15, -0.1) is 11.3 Å². The summed E-state index contributed by atoms with van der Waals surface area (Å²) in [6.45, 7) is 0. The van der Waals surface area contributed by atoms with Crippen molar-refractivity contribution in [1.82, 2.24) is 9.97 Å². The maximum absolute atomic E-state index is 12.1. The molecule has 3 rings (SSSR count). The Morgan fingerprint density at radius 1 is 1.22 bits per heavy atom. The number of carbonyl (C=O) groups excluding carboxylic acids is 1. The number of fused-ring (bicyclic) bond motifs is 1. The first kappa shape index (κ1) is 15.8. The minimum absolute atomic E-state index is 0.0454. The molecule has 5 nitrogen and oxygen atoms in total. The number of nitrogens with one attached hydrogen (secondary N) is 1. The zero-order valence-electron chi connectivity index (χ0n) is 12.8. The molecule has 0 fully saturated rings. The van der Waals surface area contributed by atoms with Crippen molar-refractivity contribution in [2.75, 3.05) is 30.1 Å². The van der Waals surface area contributed by atoms with Crippen molar-refractivity contribution in [1.29, 1.82) is 0 Å². The summed E-state index contributed by atoms with van der Waals surface area (Å²) in [5.74, 6) is 0.273. The van der Waals surface area contributed by atoms with Crippen LogP contribution in [0, 0.1) is 0 Å². The molecule has 2 aromatic heterocycles. The van der Waals surface area contributed by atoms with Crippen LogP contribution in [0.1, 0.15) is 0 Å². The fraction of sp³-hybridized carbons (Fsp3) is 0.188. The number of carbonyl (C=O) groups is 1. The second-order valence-electron chi connectivity index (χ2n) is 5.09. The number of hydrogen-bond donors (Lipinski definition) is 1. The van der Waals surface area contributed by atoms with Crippen LogP contribution in [-0.4, -0.2) is 35.7 Å². The molecule has 7 heteroatoms. The van der Waals surface area contributed by atoms with Gasteiger partial charge in [0.2, 0.25) is 5.91 Å². The molecular weight excluding hydrogens is 328 g/mol. The third kappa shape index (κ3) is 3.80. The van der Waals surface area contributed by atoms with Crippen LogP contribution in [0.5, 0.6) is 0 Å². The van der Waals surface area contributed by atoms with E-state index in [2.05, 4.69) is 15.3 Å². The Hall–Kier alpha value is -2.12. The predicted molar refractivity (Wildman–Crippen MR) is 97.5 cm³/mol. The molecule has 0 atom stereocenters. The fourth-order valence-electron chi connectivity index (χ4n) is 2.04. The molecule has 0 spiro atoms. The van der Waals surface area contributed by atoms with E-state index in [1.165, 1.54) is 18.1 Å². The quantitative estimate of drug-likeness (QED) is 0.567. The van der Waals surface area contributed by atoms with Crippen molar-refractivity contribution in [3.8, 4) is 0 Å². The van der Waals surface area contributed by atoms with Gasteiger partial charge >= 0.3 is 0 Å². The van der Waals surface area contributed by atoms with Gasteiger partial charge in [-0.25, -0.2) is 9.97 Å². The van der Waals surface area contributed by atoms with E-state index in [0.29, 0.717) is 5.75 Å². The van der Waals surface area contributed by atoms with Crippen LogP contribution in [0.4, 0.5) is 11.4 Å². The monoisotopic (exact) mass is 344 g/mol. The van der Waals surface area contributed by atoms with E-state index in [1.54, 1.807) is 11.3 Å². The number of aromatic nitrogens is 2. The highest BCUT2D eigenvalue weighted by Gasteiger charge is 2.09. The van der Waals surface area contributed by atoms with Gasteiger partial charge in [-0.05, 0) is 35.7 Å². The third-order valence-electron chi connectivity index (χ3n) is 3.22. The number of nitrogens with zero attached hydrogens (tertiary/aromatic N) is 3. The summed E-state index contributed by atoms with van der Waals surface area (Å²) >= 11 is 3.02. The average Bonchev–Trinajstić information content (AvgIpc) is 3.02. The van der Waals surface area contributed by atoms with Gasteiger partial charge in [0.1, 0.15) is 11.4 Å². The van der Waals surface area contributed by atoms with Crippen LogP contribution >= 0.6 is 23.1 Å². The molecule has 23 heavy (non-hydrogen) atoms. The highest BCUT2D eigenvalue weighted by atomic mass is 32.2. The largest absolute Gasteiger partial charge is 0.378 e. The molecule has 0 bridgehead atoms. The Labute approximate surface area is 142 Å². The molecule has 0 saturated carbocycles. The summed E-state index contributed by atoms with van der Waals surface area (Å²) in [5.41, 5.74) is 2.82. The van der Waals surface area contributed by atoms with E-state index in [9.17, 15) is 4.79 Å². The summed E-state index contributed by atoms with van der Waals surface area (Å²) in [4.78, 5) is 22.6. The lowest BCUT2D eigenvalue weighted by atomic mass is 10.2. The maximum atomic E-state index is 12.1. The predicted octanol–water partition coefficient (Wildman–Crippen LogP) is 3.49. The fourth-order valence-corrected chi connectivity index (χ4v) is 3.79. The van der Waals surface area contributed by atoms with Crippen LogP contribution in [-0.2, 0) is 4.79 Å². The lowest BCUT2D eigenvalue weighted by molar-refractivity contribution is -0.113. The summed E-state index contributed by atoms with van der Waals surface area (Å²) in [6.07, 6.45) is 1.54. The molecule has 118 valence electrons. The second kappa shape index (κ2) is 6.97. The van der Waals surface area contributed by atoms with Crippen molar-refractivity contribution in [2.24, 2.45) is 0 Å². The molecule has 0 aliphatic carbocycles. The Balaban J connectivity index is 1.60. The number of thiophene rings is 1. The van der Waals surface area contributed by atoms with Gasteiger partial charge in [0.25, 0.3) is 0 Å². The van der Waals surface area contributed by atoms with Crippen molar-refractivity contribution in [2.45, 2.75) is 5.03 Å². The van der Waals surface area contributed by atoms with E-state index in [-0.39, 0.29) is 5.91 Å². The number of hydrogen-bond acceptors (Lipinski definition) is 6. The molecule has 0 saturated heterocycles. The standard InChI is InChI=1S/C16H16N4OS2/c1-20(2)12-5-3-11(4-6-12)19-14(21)9-23-16-15-13(7-8-22-15)17-10-18-16/h3-8,10H,9H2,1-2H3,(H,19,21). The zero-order valence-corrected chi connectivity index (χ0v) is 14.4. The van der Waals surface area contributed by atoms with Crippen LogP contribution in [0.3, 0.4) is 0 Å². The van der Waals surface area contributed by atoms with Gasteiger partial charge in [-0.3, -0.25) is 4.79 Å². The Morgan fingerprint density at radius 3 is 2.74 bits per heavy atom. The molecule has 3 aromatic rings. The van der Waals surface area contributed by atoms with E-state index in [0.717, 1.165) is 26.6 Å². The number of rotatable bonds is 5. The van der Waals surface area contributed by atoms with Gasteiger partial charge in [0.15, 0.2) is 0 Å². The summed E-state index contributed by atoms with van der Waals surface area (Å²) < 4.78 is 1.03. The van der Waals surface area contributed by atoms with Crippen molar-refractivity contribution >= 4 is 50.6 Å². The van der Waals surface area contributed by atoms with Gasteiger partial charge in [0, 0.05) is 25.5 Å². The Kier molecular flexibility index (Phi) is 4.78. The Morgan fingerprint density at radius 2 is 2.00 bits per heavy atom. The van der Waals surface area contributed by atoms with Gasteiger partial charge in [-0.1, -0.05) is 11.8 Å². The Bertz CT molecular complexity index is 814. The first-order valence-electron chi connectivity index (χ1n) is 7.02. The molecule has 1 aromatic carbocycles. The van der Waals surface area contributed by atoms with Crippen LogP contribution in [0.15, 0.2) is 47.1 Å². The summed E-state index contributed by atoms with van der Waals surface area (Å²) in [7, 11) is 3.97. The lowest BCUT2D eigenvalue weighted by Gasteiger charge is -2.13. The molecule has 0 unspecified atom stereocenters. The molecule has 0 radical (unpaired) electrons. The number of anilines is 2. The van der Waals surface area contributed by atoms with Crippen LogP contribution in [0.2, 0.25) is 0 Å². The number of thioether (sulfide) groups is 1. The van der Waals surface area contributed by atoms with E-state index >= 15 is 0 Å².